The number of anilines is 1. The van der Waals surface area contributed by atoms with Gasteiger partial charge >= 0.3 is 0 Å². The van der Waals surface area contributed by atoms with Crippen LogP contribution in [0.4, 0.5) is 5.69 Å². The number of hydrogen-bond acceptors (Lipinski definition) is 2. The van der Waals surface area contributed by atoms with E-state index in [4.69, 9.17) is 5.73 Å². The van der Waals surface area contributed by atoms with Crippen LogP contribution in [0.2, 0.25) is 0 Å². The van der Waals surface area contributed by atoms with Crippen LogP contribution in [-0.2, 0) is 6.42 Å². The van der Waals surface area contributed by atoms with E-state index < -0.39 is 0 Å². The van der Waals surface area contributed by atoms with Gasteiger partial charge in [0.2, 0.25) is 0 Å². The fourth-order valence-electron chi connectivity index (χ4n) is 2.47. The molecule has 2 aromatic carbocycles. The van der Waals surface area contributed by atoms with Crippen LogP contribution in [0.25, 0.3) is 0 Å². The molecule has 0 saturated carbocycles. The van der Waals surface area contributed by atoms with Crippen molar-refractivity contribution in [1.82, 2.24) is 0 Å². The van der Waals surface area contributed by atoms with Gasteiger partial charge < -0.3 is 10.6 Å². The highest BCUT2D eigenvalue weighted by Crippen LogP contribution is 2.21. The van der Waals surface area contributed by atoms with Crippen molar-refractivity contribution in [1.29, 1.82) is 0 Å². The zero-order valence-electron chi connectivity index (χ0n) is 12.7. The van der Waals surface area contributed by atoms with Gasteiger partial charge in [-0.15, -0.1) is 0 Å². The van der Waals surface area contributed by atoms with Crippen molar-refractivity contribution >= 4 is 11.6 Å². The number of nitrogens with two attached hydrogens (primary N) is 1. The van der Waals surface area contributed by atoms with Gasteiger partial charge in [-0.1, -0.05) is 30.3 Å². The summed E-state index contributed by atoms with van der Waals surface area (Å²) in [6.45, 7) is 5.25. The third-order valence-electron chi connectivity index (χ3n) is 3.57. The lowest BCUT2D eigenvalue weighted by Gasteiger charge is -2.23. The average Bonchev–Trinajstić information content (AvgIpc) is 2.50. The summed E-state index contributed by atoms with van der Waals surface area (Å²) in [5, 5.41) is 0. The van der Waals surface area contributed by atoms with Crippen LogP contribution in [-0.4, -0.2) is 19.0 Å². The summed E-state index contributed by atoms with van der Waals surface area (Å²) in [5.74, 6) is 0.0330. The molecule has 0 bridgehead atoms. The first kappa shape index (κ1) is 15.3. The molecule has 0 fully saturated rings. The van der Waals surface area contributed by atoms with Gasteiger partial charge in [0.15, 0.2) is 0 Å². The molecule has 0 aliphatic carbocycles. The summed E-state index contributed by atoms with van der Waals surface area (Å²) in [7, 11) is 0. The molecule has 3 heteroatoms. The van der Waals surface area contributed by atoms with Crippen molar-refractivity contribution in [2.75, 3.05) is 18.0 Å². The predicted octanol–water partition coefficient (Wildman–Crippen LogP) is 3.16. The lowest BCUT2D eigenvalue weighted by molar-refractivity contribution is 0.0988. The molecule has 0 heterocycles. The first-order valence-electron chi connectivity index (χ1n) is 7.34. The quantitative estimate of drug-likeness (QED) is 0.915. The maximum atomic E-state index is 12.8. The zero-order chi connectivity index (χ0) is 15.2. The zero-order valence-corrected chi connectivity index (χ0v) is 12.7. The highest BCUT2D eigenvalue weighted by atomic mass is 16.2. The second kappa shape index (κ2) is 7.04. The summed E-state index contributed by atoms with van der Waals surface area (Å²) in [6, 6.07) is 15.7. The molecule has 21 heavy (non-hydrogen) atoms. The Kier molecular flexibility index (Phi) is 5.12. The topological polar surface area (TPSA) is 46.3 Å². The minimum atomic E-state index is 0.0330. The molecule has 110 valence electrons. The molecule has 0 spiro atoms. The lowest BCUT2D eigenvalue weighted by Crippen LogP contribution is -2.31. The van der Waals surface area contributed by atoms with E-state index in [9.17, 15) is 4.79 Å². The van der Waals surface area contributed by atoms with E-state index in [0.717, 1.165) is 23.2 Å². The van der Waals surface area contributed by atoms with Gasteiger partial charge in [0, 0.05) is 17.8 Å². The number of para-hydroxylation sites is 1. The van der Waals surface area contributed by atoms with Gasteiger partial charge in [-0.25, -0.2) is 0 Å². The Balaban J connectivity index is 2.32. The molecule has 0 unspecified atom stereocenters. The Morgan fingerprint density at radius 1 is 1.14 bits per heavy atom. The average molecular weight is 282 g/mol. The molecular weight excluding hydrogens is 260 g/mol. The molecule has 0 aliphatic heterocycles. The number of hydrogen-bond donors (Lipinski definition) is 1. The largest absolute Gasteiger partial charge is 0.330 e. The molecule has 0 radical (unpaired) electrons. The van der Waals surface area contributed by atoms with Crippen molar-refractivity contribution in [2.45, 2.75) is 20.3 Å². The van der Waals surface area contributed by atoms with E-state index in [2.05, 4.69) is 0 Å². The van der Waals surface area contributed by atoms with Gasteiger partial charge in [0.25, 0.3) is 5.91 Å². The highest BCUT2D eigenvalue weighted by molar-refractivity contribution is 6.06. The molecule has 3 nitrogen and oxygen atoms in total. The Hall–Kier alpha value is -2.13. The van der Waals surface area contributed by atoms with Crippen LogP contribution in [0, 0.1) is 6.92 Å². The molecule has 1 amide bonds. The van der Waals surface area contributed by atoms with Crippen LogP contribution in [0.3, 0.4) is 0 Å². The van der Waals surface area contributed by atoms with E-state index in [-0.39, 0.29) is 5.91 Å². The molecule has 0 atom stereocenters. The maximum Gasteiger partial charge on any atom is 0.258 e. The Morgan fingerprint density at radius 3 is 2.57 bits per heavy atom. The van der Waals surface area contributed by atoms with Gasteiger partial charge in [-0.2, -0.15) is 0 Å². The summed E-state index contributed by atoms with van der Waals surface area (Å²) in [4.78, 5) is 14.6. The van der Waals surface area contributed by atoms with Crippen LogP contribution in [0.1, 0.15) is 28.4 Å². The molecule has 2 N–H and O–H groups in total. The summed E-state index contributed by atoms with van der Waals surface area (Å²) < 4.78 is 0. The van der Waals surface area contributed by atoms with Gasteiger partial charge in [0.05, 0.1) is 0 Å². The highest BCUT2D eigenvalue weighted by Gasteiger charge is 2.17. The molecule has 0 aliphatic rings. The number of amides is 1. The molecular formula is C18H22N2O. The Labute approximate surface area is 126 Å². The minimum absolute atomic E-state index is 0.0330. The van der Waals surface area contributed by atoms with Crippen molar-refractivity contribution in [3.05, 3.63) is 65.2 Å². The van der Waals surface area contributed by atoms with Gasteiger partial charge in [-0.3, -0.25) is 4.79 Å². The van der Waals surface area contributed by atoms with Crippen LogP contribution in [0.5, 0.6) is 0 Å². The maximum absolute atomic E-state index is 12.8. The van der Waals surface area contributed by atoms with Crippen molar-refractivity contribution in [3.8, 4) is 0 Å². The first-order valence-corrected chi connectivity index (χ1v) is 7.34. The smallest absolute Gasteiger partial charge is 0.258 e. The molecule has 2 rings (SSSR count). The third kappa shape index (κ3) is 3.50. The van der Waals surface area contributed by atoms with Crippen LogP contribution in [0.15, 0.2) is 48.5 Å². The van der Waals surface area contributed by atoms with E-state index in [1.165, 1.54) is 0 Å². The second-order valence-corrected chi connectivity index (χ2v) is 5.07. The molecule has 0 saturated heterocycles. The van der Waals surface area contributed by atoms with E-state index in [0.29, 0.717) is 18.7 Å². The van der Waals surface area contributed by atoms with Crippen molar-refractivity contribution in [2.24, 2.45) is 5.73 Å². The van der Waals surface area contributed by atoms with E-state index >= 15 is 0 Å². The summed E-state index contributed by atoms with van der Waals surface area (Å²) in [5.41, 5.74) is 9.47. The number of nitrogens with zero attached hydrogens (tertiary/aromatic N) is 1. The normalized spacial score (nSPS) is 10.4. The Morgan fingerprint density at radius 2 is 1.90 bits per heavy atom. The fourth-order valence-corrected chi connectivity index (χ4v) is 2.47. The second-order valence-electron chi connectivity index (χ2n) is 5.07. The van der Waals surface area contributed by atoms with Crippen LogP contribution < -0.4 is 10.6 Å². The van der Waals surface area contributed by atoms with Crippen LogP contribution >= 0.6 is 0 Å². The fraction of sp³-hybridized carbons (Fsp3) is 0.278. The standard InChI is InChI=1S/C18H22N2O/c1-3-20(17-10-5-4-7-14(17)2)18(21)16-9-6-8-15(13-16)11-12-19/h4-10,13H,3,11-12,19H2,1-2H3. The van der Waals surface area contributed by atoms with Crippen molar-refractivity contribution in [3.63, 3.8) is 0 Å². The predicted molar refractivity (Wildman–Crippen MR) is 87.7 cm³/mol. The summed E-state index contributed by atoms with van der Waals surface area (Å²) in [6.07, 6.45) is 0.789. The number of aryl methyl sites for hydroxylation is 1. The Bertz CT molecular complexity index is 622. The SMILES string of the molecule is CCN(C(=O)c1cccc(CCN)c1)c1ccccc1C. The van der Waals surface area contributed by atoms with Gasteiger partial charge in [-0.05, 0) is 56.1 Å². The number of rotatable bonds is 5. The first-order chi connectivity index (χ1) is 10.2. The lowest BCUT2D eigenvalue weighted by atomic mass is 10.1. The van der Waals surface area contributed by atoms with Gasteiger partial charge in [0.1, 0.15) is 0 Å². The molecule has 0 aromatic heterocycles. The van der Waals surface area contributed by atoms with E-state index in [1.807, 2.05) is 67.3 Å². The number of carbonyl (C=O) groups excluding carboxylic acids is 1. The summed E-state index contributed by atoms with van der Waals surface area (Å²) >= 11 is 0. The third-order valence-corrected chi connectivity index (χ3v) is 3.57. The van der Waals surface area contributed by atoms with Crippen molar-refractivity contribution < 1.29 is 4.79 Å². The molecule has 2 aromatic rings. The monoisotopic (exact) mass is 282 g/mol. The number of benzene rings is 2. The van der Waals surface area contributed by atoms with E-state index in [1.54, 1.807) is 0 Å². The number of carbonyl (C=O) groups is 1. The minimum Gasteiger partial charge on any atom is -0.330 e.